The minimum atomic E-state index is -9.12. The van der Waals surface area contributed by atoms with Gasteiger partial charge in [-0.1, -0.05) is 0 Å². The molecule has 218 valence electrons. The molecule has 0 saturated carbocycles. The summed E-state index contributed by atoms with van der Waals surface area (Å²) in [6.07, 6.45) is -10.4. The molecule has 0 heterocycles. The first kappa shape index (κ1) is 35.3. The van der Waals surface area contributed by atoms with Gasteiger partial charge in [0.15, 0.2) is 0 Å². The monoisotopic (exact) mass is 698 g/mol. The smallest absolute Gasteiger partial charge is 0.165 e. The van der Waals surface area contributed by atoms with Crippen LogP contribution in [0, 0.1) is 0 Å². The van der Waals surface area contributed by atoms with Gasteiger partial charge in [0.05, 0.1) is 0 Å². The first-order chi connectivity index (χ1) is 15.2. The van der Waals surface area contributed by atoms with Gasteiger partial charge in [-0.15, -0.1) is 0 Å². The molecule has 0 unspecified atom stereocenters. The van der Waals surface area contributed by atoms with Gasteiger partial charge in [0.2, 0.25) is 0 Å². The zero-order valence-electron chi connectivity index (χ0n) is 16.9. The van der Waals surface area contributed by atoms with E-state index in [2.05, 4.69) is 0 Å². The Hall–Kier alpha value is -0.671. The third-order valence-electron chi connectivity index (χ3n) is 4.61. The number of halogens is 21. The van der Waals surface area contributed by atoms with Crippen LogP contribution in [0.4, 0.5) is 92.2 Å². The molecule has 0 bridgehead atoms. The molecule has 0 rings (SSSR count). The van der Waals surface area contributed by atoms with Crippen molar-refractivity contribution in [1.29, 1.82) is 0 Å². The summed E-state index contributed by atoms with van der Waals surface area (Å²) in [4.78, 5) is 2.30. The van der Waals surface area contributed by atoms with E-state index < -0.39 is 90.1 Å². The van der Waals surface area contributed by atoms with Crippen molar-refractivity contribution in [1.82, 2.24) is 0 Å². The van der Waals surface area contributed by atoms with E-state index in [0.717, 1.165) is 9.88 Å². The van der Waals surface area contributed by atoms with E-state index in [1.54, 1.807) is 0 Å². The van der Waals surface area contributed by atoms with E-state index in [1.807, 2.05) is 0 Å². The quantitative estimate of drug-likeness (QED) is 0.151. The molecule has 36 heavy (non-hydrogen) atoms. The minimum absolute atomic E-state index is 1.05. The predicted molar refractivity (Wildman–Crippen MR) is 78.9 cm³/mol. The van der Waals surface area contributed by atoms with Crippen LogP contribution in [-0.2, 0) is 0 Å². The van der Waals surface area contributed by atoms with Crippen molar-refractivity contribution >= 4 is 19.8 Å². The molecule has 22 heteroatoms. The Morgan fingerprint density at radius 3 is 0.806 bits per heavy atom. The van der Waals surface area contributed by atoms with Crippen LogP contribution in [0.1, 0.15) is 6.42 Å². The van der Waals surface area contributed by atoms with Crippen LogP contribution in [0.5, 0.6) is 0 Å². The summed E-state index contributed by atoms with van der Waals surface area (Å²) in [5.74, 6) is -76.1. The van der Waals surface area contributed by atoms with Crippen LogP contribution in [0.3, 0.4) is 0 Å². The van der Waals surface area contributed by atoms with E-state index in [1.165, 1.54) is 0 Å². The molecule has 0 aliphatic heterocycles. The molecule has 0 spiro atoms. The molecule has 0 aromatic carbocycles. The van der Waals surface area contributed by atoms with E-state index >= 15 is 0 Å². The second-order valence-electron chi connectivity index (χ2n) is 7.73. The number of hydrogen-bond donors (Lipinski definition) is 0. The van der Waals surface area contributed by atoms with Gasteiger partial charge < -0.3 is 0 Å². The van der Waals surface area contributed by atoms with Gasteiger partial charge in [-0.2, -0.15) is 13.2 Å². The third-order valence-corrected chi connectivity index (χ3v) is 8.73. The second-order valence-corrected chi connectivity index (χ2v) is 17.3. The van der Waals surface area contributed by atoms with Crippen LogP contribution in [0.25, 0.3) is 0 Å². The Labute approximate surface area is 192 Å². The van der Waals surface area contributed by atoms with E-state index in [0.29, 0.717) is 0 Å². The fourth-order valence-corrected chi connectivity index (χ4v) is 4.90. The molecule has 0 atom stereocenters. The maximum absolute atomic E-state index is 13.6. The SMILES string of the molecule is [CH3][SnH]([CH3])[CH2]CC(F)(F)C(F)(F)C(F)(F)C(F)(F)C(F)(F)C(F)(F)C(F)(F)C(F)(F)C(F)(F)C(F)(F)F. The number of hydrogen-bond acceptors (Lipinski definition) is 0. The van der Waals surface area contributed by atoms with Gasteiger partial charge in [-0.25, -0.2) is 0 Å². The van der Waals surface area contributed by atoms with E-state index in [4.69, 9.17) is 0 Å². The first-order valence-corrected chi connectivity index (χ1v) is 17.6. The summed E-state index contributed by atoms with van der Waals surface area (Å²) in [6.45, 7) is 0. The van der Waals surface area contributed by atoms with Crippen molar-refractivity contribution in [2.24, 2.45) is 0 Å². The fourth-order valence-electron chi connectivity index (χ4n) is 2.22. The maximum atomic E-state index is 13.6. The Morgan fingerprint density at radius 1 is 0.361 bits per heavy atom. The molecule has 0 saturated heterocycles. The van der Waals surface area contributed by atoms with Crippen molar-refractivity contribution in [3.05, 3.63) is 0 Å². The number of rotatable bonds is 11. The fraction of sp³-hybridized carbons (Fsp3) is 1.00. The average molecular weight is 697 g/mol. The molecule has 0 radical (unpaired) electrons. The van der Waals surface area contributed by atoms with Gasteiger partial charge in [-0.05, 0) is 0 Å². The summed E-state index contributed by atoms with van der Waals surface area (Å²) in [5.41, 5.74) is 0. The third kappa shape index (κ3) is 4.67. The topological polar surface area (TPSA) is 0 Å². The standard InChI is InChI=1S/C12H4F21.2CH3.Sn.H/c1-2-3(13,14)4(15,16)5(17,18)6(19,20)7(21,22)8(23,24)9(25,26)10(27,28)11(29,30)12(31,32)33;;;;/h1-2H2;2*1H3;;. The molecule has 0 aromatic rings. The van der Waals surface area contributed by atoms with Crippen molar-refractivity contribution in [2.45, 2.75) is 80.2 Å². The summed E-state index contributed by atoms with van der Waals surface area (Å²) in [5, 5.41) is 0. The molecular weight excluding hydrogens is 686 g/mol. The van der Waals surface area contributed by atoms with Gasteiger partial charge in [-0.3, -0.25) is 0 Å². The molecule has 0 nitrogen and oxygen atoms in total. The van der Waals surface area contributed by atoms with Gasteiger partial charge >= 0.3 is 179 Å². The van der Waals surface area contributed by atoms with E-state index in [9.17, 15) is 92.2 Å². The van der Waals surface area contributed by atoms with Crippen LogP contribution in [-0.4, -0.2) is 79.2 Å². The molecular formula is C14H11F21Sn. The molecule has 0 amide bonds. The van der Waals surface area contributed by atoms with Gasteiger partial charge in [0.25, 0.3) is 0 Å². The van der Waals surface area contributed by atoms with Crippen molar-refractivity contribution in [3.63, 3.8) is 0 Å². The van der Waals surface area contributed by atoms with Crippen LogP contribution in [0.2, 0.25) is 14.3 Å². The molecule has 0 N–H and O–H groups in total. The Bertz CT molecular complexity index is 776. The van der Waals surface area contributed by atoms with Crippen molar-refractivity contribution in [3.8, 4) is 0 Å². The van der Waals surface area contributed by atoms with Crippen molar-refractivity contribution in [2.75, 3.05) is 0 Å². The van der Waals surface area contributed by atoms with Crippen LogP contribution >= 0.6 is 0 Å². The van der Waals surface area contributed by atoms with Crippen molar-refractivity contribution < 1.29 is 92.2 Å². The Kier molecular flexibility index (Phi) is 9.04. The minimum Gasteiger partial charge on any atom is -0.165 e. The predicted octanol–water partition coefficient (Wildman–Crippen LogP) is 8.14. The van der Waals surface area contributed by atoms with Crippen LogP contribution in [0.15, 0.2) is 0 Å². The first-order valence-electron chi connectivity index (χ1n) is 8.64. The molecule has 0 aliphatic rings. The Balaban J connectivity index is 6.95. The van der Waals surface area contributed by atoms with Gasteiger partial charge in [0, 0.05) is 0 Å². The zero-order chi connectivity index (χ0) is 30.0. The zero-order valence-corrected chi connectivity index (χ0v) is 20.2. The number of alkyl halides is 21. The summed E-state index contributed by atoms with van der Waals surface area (Å²) >= 11 is -3.11. The molecule has 0 aromatic heterocycles. The normalized spacial score (nSPS) is 16.7. The molecule has 0 fully saturated rings. The van der Waals surface area contributed by atoms with E-state index in [-0.39, 0.29) is 0 Å². The van der Waals surface area contributed by atoms with Gasteiger partial charge in [0.1, 0.15) is 0 Å². The summed E-state index contributed by atoms with van der Waals surface area (Å²) in [6, 6.07) is 0. The Morgan fingerprint density at radius 2 is 0.583 bits per heavy atom. The van der Waals surface area contributed by atoms with Crippen LogP contribution < -0.4 is 0 Å². The second kappa shape index (κ2) is 9.21. The summed E-state index contributed by atoms with van der Waals surface area (Å²) in [7, 11) is 0. The average Bonchev–Trinajstić information content (AvgIpc) is 2.64. The summed E-state index contributed by atoms with van der Waals surface area (Å²) < 4.78 is 275. The molecule has 0 aliphatic carbocycles.